The number of nitrogens with zero attached hydrogens (tertiary/aromatic N) is 4. The zero-order valence-corrected chi connectivity index (χ0v) is 12.4. The molecule has 1 unspecified atom stereocenters. The van der Waals surface area contributed by atoms with E-state index in [9.17, 15) is 4.79 Å². The van der Waals surface area contributed by atoms with Crippen LogP contribution in [0.2, 0.25) is 0 Å². The average molecular weight is 264 g/mol. The fourth-order valence-corrected chi connectivity index (χ4v) is 2.67. The first-order chi connectivity index (χ1) is 9.01. The predicted octanol–water partition coefficient (Wildman–Crippen LogP) is 0.569. The van der Waals surface area contributed by atoms with E-state index in [1.54, 1.807) is 0 Å². The summed E-state index contributed by atoms with van der Waals surface area (Å²) in [5, 5.41) is 4.40. The van der Waals surface area contributed by atoms with Crippen molar-refractivity contribution in [2.45, 2.75) is 32.9 Å². The van der Waals surface area contributed by atoms with Gasteiger partial charge in [-0.2, -0.15) is 5.10 Å². The number of piperazine rings is 1. The Balaban J connectivity index is 2.07. The van der Waals surface area contributed by atoms with Crippen LogP contribution in [0.4, 0.5) is 0 Å². The summed E-state index contributed by atoms with van der Waals surface area (Å²) in [6.45, 7) is 7.66. The number of carbonyl (C=O) groups excluding carboxylic acids is 1. The van der Waals surface area contributed by atoms with Crippen molar-refractivity contribution in [3.63, 3.8) is 0 Å². The molecule has 2 rings (SSSR count). The van der Waals surface area contributed by atoms with Gasteiger partial charge in [0.25, 0.3) is 0 Å². The van der Waals surface area contributed by atoms with E-state index < -0.39 is 0 Å². The second-order valence-electron chi connectivity index (χ2n) is 5.49. The summed E-state index contributed by atoms with van der Waals surface area (Å²) in [4.78, 5) is 16.9. The Morgan fingerprint density at radius 2 is 2.16 bits per heavy atom. The van der Waals surface area contributed by atoms with Crippen molar-refractivity contribution >= 4 is 5.78 Å². The predicted molar refractivity (Wildman–Crippen MR) is 75.3 cm³/mol. The van der Waals surface area contributed by atoms with Gasteiger partial charge in [0.15, 0.2) is 5.78 Å². The summed E-state index contributed by atoms with van der Waals surface area (Å²) in [7, 11) is 4.12. The van der Waals surface area contributed by atoms with Gasteiger partial charge < -0.3 is 4.90 Å². The number of carbonyl (C=O) groups is 1. The van der Waals surface area contributed by atoms with E-state index in [1.165, 1.54) is 0 Å². The fourth-order valence-electron chi connectivity index (χ4n) is 2.67. The van der Waals surface area contributed by atoms with Crippen LogP contribution in [0.1, 0.15) is 18.3 Å². The molecule has 0 spiro atoms. The van der Waals surface area contributed by atoms with Crippen molar-refractivity contribution in [2.24, 2.45) is 0 Å². The van der Waals surface area contributed by atoms with Crippen LogP contribution in [-0.2, 0) is 17.8 Å². The van der Waals surface area contributed by atoms with Gasteiger partial charge in [0.1, 0.15) is 0 Å². The molecule has 0 aromatic carbocycles. The first kappa shape index (κ1) is 14.2. The Hall–Kier alpha value is -1.20. The molecule has 1 fully saturated rings. The van der Waals surface area contributed by atoms with Gasteiger partial charge in [0, 0.05) is 31.9 Å². The maximum absolute atomic E-state index is 12.5. The molecule has 106 valence electrons. The molecule has 0 saturated carbocycles. The van der Waals surface area contributed by atoms with Gasteiger partial charge in [-0.25, -0.2) is 0 Å². The molecule has 0 aliphatic carbocycles. The van der Waals surface area contributed by atoms with Crippen LogP contribution >= 0.6 is 0 Å². The topological polar surface area (TPSA) is 41.4 Å². The molecule has 0 bridgehead atoms. The van der Waals surface area contributed by atoms with Crippen molar-refractivity contribution < 1.29 is 4.79 Å². The van der Waals surface area contributed by atoms with Crippen LogP contribution in [0.25, 0.3) is 0 Å². The first-order valence-electron chi connectivity index (χ1n) is 6.96. The van der Waals surface area contributed by atoms with E-state index in [0.717, 1.165) is 37.6 Å². The lowest BCUT2D eigenvalue weighted by atomic mass is 10.0. The number of likely N-dealkylation sites (N-methyl/N-ethyl adjacent to an activating group) is 2. The summed E-state index contributed by atoms with van der Waals surface area (Å²) in [6, 6.07) is 2.03. The zero-order chi connectivity index (χ0) is 14.0. The molecule has 1 atom stereocenters. The van der Waals surface area contributed by atoms with Crippen LogP contribution in [-0.4, -0.2) is 65.1 Å². The van der Waals surface area contributed by atoms with E-state index in [1.807, 2.05) is 24.7 Å². The number of rotatable bonds is 4. The van der Waals surface area contributed by atoms with Crippen molar-refractivity contribution in [3.05, 3.63) is 17.5 Å². The second kappa shape index (κ2) is 5.84. The molecule has 1 saturated heterocycles. The van der Waals surface area contributed by atoms with Gasteiger partial charge in [0.2, 0.25) is 0 Å². The molecular formula is C14H24N4O. The largest absolute Gasteiger partial charge is 0.303 e. The van der Waals surface area contributed by atoms with Gasteiger partial charge in [-0.1, -0.05) is 0 Å². The Kier molecular flexibility index (Phi) is 4.37. The lowest BCUT2D eigenvalue weighted by Gasteiger charge is -2.36. The first-order valence-corrected chi connectivity index (χ1v) is 6.96. The number of ketones is 1. The Morgan fingerprint density at radius 3 is 2.84 bits per heavy atom. The maximum Gasteiger partial charge on any atom is 0.157 e. The summed E-state index contributed by atoms with van der Waals surface area (Å²) < 4.78 is 1.93. The van der Waals surface area contributed by atoms with Crippen molar-refractivity contribution in [1.82, 2.24) is 19.6 Å². The Morgan fingerprint density at radius 1 is 1.42 bits per heavy atom. The van der Waals surface area contributed by atoms with Gasteiger partial charge in [0.05, 0.1) is 18.2 Å². The third-order valence-corrected chi connectivity index (χ3v) is 3.86. The van der Waals surface area contributed by atoms with Crippen LogP contribution in [0.15, 0.2) is 6.07 Å². The normalized spacial score (nSPS) is 21.8. The van der Waals surface area contributed by atoms with E-state index >= 15 is 0 Å². The van der Waals surface area contributed by atoms with Gasteiger partial charge in [-0.05, 0) is 34.0 Å². The van der Waals surface area contributed by atoms with E-state index in [-0.39, 0.29) is 6.04 Å². The Bertz CT molecular complexity index is 454. The Labute approximate surface area is 115 Å². The molecule has 5 nitrogen and oxygen atoms in total. The highest BCUT2D eigenvalue weighted by molar-refractivity contribution is 5.86. The molecule has 1 aliphatic rings. The molecule has 1 aromatic heterocycles. The number of hydrogen-bond acceptors (Lipinski definition) is 4. The van der Waals surface area contributed by atoms with Gasteiger partial charge >= 0.3 is 0 Å². The fraction of sp³-hybridized carbons (Fsp3) is 0.714. The van der Waals surface area contributed by atoms with Crippen LogP contribution in [0.5, 0.6) is 0 Å². The minimum Gasteiger partial charge on any atom is -0.303 e. The molecule has 0 radical (unpaired) electrons. The monoisotopic (exact) mass is 264 g/mol. The SMILES string of the molecule is CCn1nc(C)cc1CC(=O)C1CN(C)CCN1C. The standard InChI is InChI=1S/C14H24N4O/c1-5-18-12(8-11(2)15-18)9-14(19)13-10-16(3)6-7-17(13)4/h8,13H,5-7,9-10H2,1-4H3. The number of aryl methyl sites for hydroxylation is 2. The van der Waals surface area contributed by atoms with E-state index in [0.29, 0.717) is 12.2 Å². The summed E-state index contributed by atoms with van der Waals surface area (Å²) in [5.74, 6) is 0.295. The molecule has 5 heteroatoms. The van der Waals surface area contributed by atoms with E-state index in [2.05, 4.69) is 28.9 Å². The summed E-state index contributed by atoms with van der Waals surface area (Å²) >= 11 is 0. The number of hydrogen-bond donors (Lipinski definition) is 0. The number of aromatic nitrogens is 2. The van der Waals surface area contributed by atoms with Crippen molar-refractivity contribution in [1.29, 1.82) is 0 Å². The van der Waals surface area contributed by atoms with Crippen LogP contribution in [0.3, 0.4) is 0 Å². The van der Waals surface area contributed by atoms with Crippen molar-refractivity contribution in [2.75, 3.05) is 33.7 Å². The summed E-state index contributed by atoms with van der Waals surface area (Å²) in [5.41, 5.74) is 2.02. The third kappa shape index (κ3) is 3.22. The third-order valence-electron chi connectivity index (χ3n) is 3.86. The molecule has 1 aromatic rings. The minimum absolute atomic E-state index is 0.0132. The van der Waals surface area contributed by atoms with Crippen LogP contribution in [0, 0.1) is 6.92 Å². The molecule has 0 N–H and O–H groups in total. The molecule has 0 amide bonds. The summed E-state index contributed by atoms with van der Waals surface area (Å²) in [6.07, 6.45) is 0.484. The van der Waals surface area contributed by atoms with Gasteiger partial charge in [-0.15, -0.1) is 0 Å². The molecular weight excluding hydrogens is 240 g/mol. The molecule has 2 heterocycles. The smallest absolute Gasteiger partial charge is 0.157 e. The molecule has 19 heavy (non-hydrogen) atoms. The minimum atomic E-state index is 0.0132. The quantitative estimate of drug-likeness (QED) is 0.797. The zero-order valence-electron chi connectivity index (χ0n) is 12.4. The number of Topliss-reactive ketones (excluding diaryl/α,β-unsaturated/α-hetero) is 1. The maximum atomic E-state index is 12.5. The molecule has 1 aliphatic heterocycles. The highest BCUT2D eigenvalue weighted by Gasteiger charge is 2.28. The van der Waals surface area contributed by atoms with Gasteiger partial charge in [-0.3, -0.25) is 14.4 Å². The lowest BCUT2D eigenvalue weighted by Crippen LogP contribution is -2.54. The van der Waals surface area contributed by atoms with Crippen LogP contribution < -0.4 is 0 Å². The highest BCUT2D eigenvalue weighted by Crippen LogP contribution is 2.12. The second-order valence-corrected chi connectivity index (χ2v) is 5.49. The average Bonchev–Trinajstić information content (AvgIpc) is 2.72. The van der Waals surface area contributed by atoms with E-state index in [4.69, 9.17) is 0 Å². The lowest BCUT2D eigenvalue weighted by molar-refractivity contribution is -0.125. The highest BCUT2D eigenvalue weighted by atomic mass is 16.1. The van der Waals surface area contributed by atoms with Crippen molar-refractivity contribution in [3.8, 4) is 0 Å².